The summed E-state index contributed by atoms with van der Waals surface area (Å²) in [5.74, 6) is 0. The predicted molar refractivity (Wildman–Crippen MR) is 254 cm³/mol. The Kier molecular flexibility index (Phi) is 7.25. The van der Waals surface area contributed by atoms with Crippen molar-refractivity contribution in [1.29, 1.82) is 0 Å². The Labute approximate surface area is 360 Å². The van der Waals surface area contributed by atoms with Crippen LogP contribution in [0.5, 0.6) is 0 Å². The number of aromatic nitrogens is 1. The molecule has 61 heavy (non-hydrogen) atoms. The Morgan fingerprint density at radius 3 is 1.90 bits per heavy atom. The molecule has 3 aliphatic rings. The van der Waals surface area contributed by atoms with E-state index in [0.717, 1.165) is 17.1 Å². The van der Waals surface area contributed by atoms with Crippen LogP contribution < -0.4 is 4.90 Å². The Bertz CT molecular complexity index is 3430. The molecule has 9 aromatic carbocycles. The normalized spacial score (nSPS) is 16.2. The molecule has 288 valence electrons. The molecule has 0 radical (unpaired) electrons. The number of para-hydroxylation sites is 4. The number of benzene rings is 9. The second-order valence-corrected chi connectivity index (χ2v) is 18.3. The highest BCUT2D eigenvalue weighted by molar-refractivity contribution is 7.99. The van der Waals surface area contributed by atoms with E-state index in [1.807, 2.05) is 11.8 Å². The zero-order valence-corrected chi connectivity index (χ0v) is 34.7. The van der Waals surface area contributed by atoms with Gasteiger partial charge in [-0.3, -0.25) is 0 Å². The summed E-state index contributed by atoms with van der Waals surface area (Å²) in [4.78, 5) is 5.00. The summed E-state index contributed by atoms with van der Waals surface area (Å²) in [6, 6.07) is 77.1. The van der Waals surface area contributed by atoms with Gasteiger partial charge in [0.15, 0.2) is 0 Å². The Hall–Kier alpha value is -7.07. The van der Waals surface area contributed by atoms with Gasteiger partial charge in [-0.1, -0.05) is 171 Å². The number of hydrogen-bond acceptors (Lipinski definition) is 2. The van der Waals surface area contributed by atoms with Crippen molar-refractivity contribution in [2.45, 2.75) is 34.5 Å². The molecule has 0 N–H and O–H groups in total. The lowest BCUT2D eigenvalue weighted by Crippen LogP contribution is -2.37. The summed E-state index contributed by atoms with van der Waals surface area (Å²) in [5.41, 5.74) is 19.9. The van der Waals surface area contributed by atoms with Gasteiger partial charge in [0.05, 0.1) is 22.1 Å². The molecular formula is C58H40N2S. The van der Waals surface area contributed by atoms with Crippen LogP contribution in [0.4, 0.5) is 17.1 Å². The molecule has 0 saturated heterocycles. The summed E-state index contributed by atoms with van der Waals surface area (Å²) in [7, 11) is 0. The van der Waals surface area contributed by atoms with Crippen LogP contribution in [0.15, 0.2) is 216 Å². The summed E-state index contributed by atoms with van der Waals surface area (Å²) < 4.78 is 2.52. The SMILES string of the molecule is CC1(C)c2ccccc2-c2ccc(N(c3ccccc3)c3ccc(-c4ccc5c(c4)Sc4ccccc4C54c5ccccc5-n5c6ccccc6c6cccc4c65)cc3)cc21. The zero-order chi connectivity index (χ0) is 40.5. The third kappa shape index (κ3) is 4.70. The molecule has 0 amide bonds. The molecular weight excluding hydrogens is 757 g/mol. The molecule has 1 aromatic heterocycles. The van der Waals surface area contributed by atoms with Crippen LogP contribution in [0, 0.1) is 0 Å². The zero-order valence-electron chi connectivity index (χ0n) is 33.9. The quantitative estimate of drug-likeness (QED) is 0.175. The predicted octanol–water partition coefficient (Wildman–Crippen LogP) is 15.4. The summed E-state index contributed by atoms with van der Waals surface area (Å²) in [6.45, 7) is 4.71. The molecule has 2 nitrogen and oxygen atoms in total. The van der Waals surface area contributed by atoms with Crippen molar-refractivity contribution in [3.05, 3.63) is 240 Å². The third-order valence-corrected chi connectivity index (χ3v) is 15.0. The molecule has 0 saturated carbocycles. The van der Waals surface area contributed by atoms with Gasteiger partial charge in [-0.15, -0.1) is 0 Å². The van der Waals surface area contributed by atoms with Crippen molar-refractivity contribution < 1.29 is 0 Å². The van der Waals surface area contributed by atoms with E-state index in [-0.39, 0.29) is 5.41 Å². The van der Waals surface area contributed by atoms with E-state index >= 15 is 0 Å². The lowest BCUT2D eigenvalue weighted by Gasteiger charge is -2.45. The van der Waals surface area contributed by atoms with Gasteiger partial charge in [0, 0.05) is 43.0 Å². The molecule has 10 aromatic rings. The topological polar surface area (TPSA) is 8.17 Å². The number of anilines is 3. The summed E-state index contributed by atoms with van der Waals surface area (Å²) in [5, 5.41) is 2.59. The highest BCUT2D eigenvalue weighted by Crippen LogP contribution is 2.61. The van der Waals surface area contributed by atoms with Crippen LogP contribution in [0.1, 0.15) is 47.2 Å². The minimum atomic E-state index is -0.484. The fourth-order valence-electron chi connectivity index (χ4n) is 11.2. The largest absolute Gasteiger partial charge is 0.310 e. The summed E-state index contributed by atoms with van der Waals surface area (Å²) >= 11 is 1.90. The van der Waals surface area contributed by atoms with Gasteiger partial charge in [-0.2, -0.15) is 0 Å². The lowest BCUT2D eigenvalue weighted by molar-refractivity contribution is 0.660. The van der Waals surface area contributed by atoms with Crippen LogP contribution in [-0.4, -0.2) is 4.57 Å². The fraction of sp³-hybridized carbons (Fsp3) is 0.0690. The Morgan fingerprint density at radius 1 is 0.410 bits per heavy atom. The van der Waals surface area contributed by atoms with Gasteiger partial charge >= 0.3 is 0 Å². The maximum absolute atomic E-state index is 2.52. The molecule has 13 rings (SSSR count). The van der Waals surface area contributed by atoms with E-state index in [1.54, 1.807) is 0 Å². The van der Waals surface area contributed by atoms with Gasteiger partial charge in [0.2, 0.25) is 0 Å². The van der Waals surface area contributed by atoms with Gasteiger partial charge in [0.25, 0.3) is 0 Å². The standard InChI is InChI=1S/C58H40N2S/c1-57(2)46-20-8-6-17-42(46)43-33-32-41(36-51(43)57)59(39-15-4-3-5-16-39)40-30-27-37(28-31-40)38-29-34-49-55(35-38)61-54-26-13-10-22-48(54)58(49)47-21-9-12-25-53(47)60-52-24-11-7-18-44(52)45-19-14-23-50(58)56(45)60/h3-36H,1-2H3. The van der Waals surface area contributed by atoms with E-state index in [0.29, 0.717) is 0 Å². The molecule has 2 aliphatic heterocycles. The second-order valence-electron chi connectivity index (χ2n) is 17.2. The van der Waals surface area contributed by atoms with Gasteiger partial charge in [-0.25, -0.2) is 0 Å². The summed E-state index contributed by atoms with van der Waals surface area (Å²) in [6.07, 6.45) is 0. The fourth-order valence-corrected chi connectivity index (χ4v) is 12.4. The molecule has 0 bridgehead atoms. The Balaban J connectivity index is 0.952. The van der Waals surface area contributed by atoms with E-state index < -0.39 is 5.41 Å². The van der Waals surface area contributed by atoms with Crippen LogP contribution in [0.25, 0.3) is 49.7 Å². The van der Waals surface area contributed by atoms with Crippen molar-refractivity contribution in [3.8, 4) is 27.9 Å². The molecule has 0 fully saturated rings. The first-order valence-electron chi connectivity index (χ1n) is 21.3. The first kappa shape index (κ1) is 34.8. The minimum absolute atomic E-state index is 0.0810. The van der Waals surface area contributed by atoms with E-state index in [9.17, 15) is 0 Å². The average molecular weight is 797 g/mol. The first-order valence-corrected chi connectivity index (χ1v) is 22.1. The van der Waals surface area contributed by atoms with Crippen LogP contribution in [0.2, 0.25) is 0 Å². The van der Waals surface area contributed by atoms with Crippen molar-refractivity contribution in [1.82, 2.24) is 4.57 Å². The van der Waals surface area contributed by atoms with Crippen LogP contribution in [-0.2, 0) is 10.8 Å². The minimum Gasteiger partial charge on any atom is -0.310 e. The lowest BCUT2D eigenvalue weighted by atomic mass is 9.62. The first-order chi connectivity index (χ1) is 30.0. The van der Waals surface area contributed by atoms with Crippen molar-refractivity contribution in [2.75, 3.05) is 4.90 Å². The molecule has 1 aliphatic carbocycles. The maximum Gasteiger partial charge on any atom is 0.0764 e. The highest BCUT2D eigenvalue weighted by Gasteiger charge is 2.49. The number of nitrogens with zero attached hydrogens (tertiary/aromatic N) is 2. The number of hydrogen-bond donors (Lipinski definition) is 0. The van der Waals surface area contributed by atoms with Crippen LogP contribution >= 0.6 is 11.8 Å². The van der Waals surface area contributed by atoms with Crippen molar-refractivity contribution in [2.24, 2.45) is 0 Å². The molecule has 1 unspecified atom stereocenters. The highest BCUT2D eigenvalue weighted by atomic mass is 32.2. The smallest absolute Gasteiger partial charge is 0.0764 e. The number of rotatable bonds is 4. The van der Waals surface area contributed by atoms with E-state index in [1.165, 1.54) is 92.9 Å². The monoisotopic (exact) mass is 796 g/mol. The van der Waals surface area contributed by atoms with E-state index in [4.69, 9.17) is 0 Å². The van der Waals surface area contributed by atoms with Gasteiger partial charge in [-0.05, 0) is 116 Å². The molecule has 3 heteroatoms. The average Bonchev–Trinajstić information content (AvgIpc) is 3.77. The van der Waals surface area contributed by atoms with Crippen molar-refractivity contribution >= 4 is 50.6 Å². The van der Waals surface area contributed by atoms with E-state index in [2.05, 4.69) is 230 Å². The molecule has 1 atom stereocenters. The number of fused-ring (bicyclic) bond motifs is 14. The Morgan fingerprint density at radius 2 is 1.03 bits per heavy atom. The molecule has 1 spiro atoms. The maximum atomic E-state index is 2.52. The third-order valence-electron chi connectivity index (χ3n) is 13.8. The van der Waals surface area contributed by atoms with Gasteiger partial charge < -0.3 is 9.47 Å². The molecule has 3 heterocycles. The van der Waals surface area contributed by atoms with Gasteiger partial charge in [0.1, 0.15) is 0 Å². The van der Waals surface area contributed by atoms with Crippen molar-refractivity contribution in [3.63, 3.8) is 0 Å². The second kappa shape index (κ2) is 12.7. The van der Waals surface area contributed by atoms with Crippen LogP contribution in [0.3, 0.4) is 0 Å².